The van der Waals surface area contributed by atoms with Crippen molar-refractivity contribution in [2.24, 2.45) is 5.73 Å². The van der Waals surface area contributed by atoms with Crippen LogP contribution in [0.4, 0.5) is 9.39 Å². The second kappa shape index (κ2) is 7.98. The number of carbonyl (C=O) groups is 2. The van der Waals surface area contributed by atoms with Crippen molar-refractivity contribution in [3.05, 3.63) is 46.1 Å². The summed E-state index contributed by atoms with van der Waals surface area (Å²) in [7, 11) is -3.94. The SMILES string of the molecule is CCN1CCc2c(sc(NC(=O)CS(=O)(=O)c3ccc(F)cc3)c2C(N)=O)C1. The number of amides is 2. The molecule has 10 heteroatoms. The Kier molecular flexibility index (Phi) is 5.82. The van der Waals surface area contributed by atoms with Crippen molar-refractivity contribution >= 4 is 38.0 Å². The fourth-order valence-electron chi connectivity index (χ4n) is 3.14. The molecule has 2 aromatic rings. The Morgan fingerprint density at radius 3 is 2.57 bits per heavy atom. The van der Waals surface area contributed by atoms with Gasteiger partial charge in [-0.15, -0.1) is 11.3 Å². The molecule has 0 aliphatic carbocycles. The minimum Gasteiger partial charge on any atom is -0.365 e. The van der Waals surface area contributed by atoms with Crippen LogP contribution in [0.3, 0.4) is 0 Å². The van der Waals surface area contributed by atoms with E-state index in [0.29, 0.717) is 13.0 Å². The smallest absolute Gasteiger partial charge is 0.251 e. The number of thiophene rings is 1. The van der Waals surface area contributed by atoms with Crippen LogP contribution >= 0.6 is 11.3 Å². The lowest BCUT2D eigenvalue weighted by Crippen LogP contribution is -2.30. The van der Waals surface area contributed by atoms with E-state index in [-0.39, 0.29) is 15.5 Å². The van der Waals surface area contributed by atoms with Crippen molar-refractivity contribution in [2.75, 3.05) is 24.2 Å². The molecule has 3 rings (SSSR count). The number of carbonyl (C=O) groups excluding carboxylic acids is 2. The zero-order valence-electron chi connectivity index (χ0n) is 15.2. The summed E-state index contributed by atoms with van der Waals surface area (Å²) >= 11 is 1.24. The summed E-state index contributed by atoms with van der Waals surface area (Å²) in [4.78, 5) is 27.3. The number of fused-ring (bicyclic) bond motifs is 1. The van der Waals surface area contributed by atoms with Crippen LogP contribution in [-0.4, -0.2) is 44.0 Å². The van der Waals surface area contributed by atoms with E-state index in [0.717, 1.165) is 47.8 Å². The Morgan fingerprint density at radius 2 is 1.96 bits per heavy atom. The van der Waals surface area contributed by atoms with Gasteiger partial charge < -0.3 is 11.1 Å². The van der Waals surface area contributed by atoms with Crippen LogP contribution in [0, 0.1) is 5.82 Å². The Hall–Kier alpha value is -2.30. The third-order valence-electron chi connectivity index (χ3n) is 4.58. The van der Waals surface area contributed by atoms with E-state index >= 15 is 0 Å². The number of nitrogens with one attached hydrogen (secondary N) is 1. The van der Waals surface area contributed by atoms with Crippen LogP contribution in [0.25, 0.3) is 0 Å². The van der Waals surface area contributed by atoms with Gasteiger partial charge in [-0.3, -0.25) is 14.5 Å². The Morgan fingerprint density at radius 1 is 1.29 bits per heavy atom. The maximum absolute atomic E-state index is 13.0. The number of nitrogens with zero attached hydrogens (tertiary/aromatic N) is 1. The summed E-state index contributed by atoms with van der Waals surface area (Å²) in [6.07, 6.45) is 0.641. The number of anilines is 1. The van der Waals surface area contributed by atoms with E-state index in [1.54, 1.807) is 0 Å². The highest BCUT2D eigenvalue weighted by molar-refractivity contribution is 7.92. The van der Waals surface area contributed by atoms with Crippen molar-refractivity contribution in [2.45, 2.75) is 24.8 Å². The average Bonchev–Trinajstić information content (AvgIpc) is 2.98. The quantitative estimate of drug-likeness (QED) is 0.686. The molecule has 1 aromatic heterocycles. The first-order valence-electron chi connectivity index (χ1n) is 8.66. The fourth-order valence-corrected chi connectivity index (χ4v) is 5.58. The highest BCUT2D eigenvalue weighted by Gasteiger charge is 2.28. The van der Waals surface area contributed by atoms with Crippen molar-refractivity contribution < 1.29 is 22.4 Å². The molecular formula is C18H20FN3O4S2. The third-order valence-corrected chi connectivity index (χ3v) is 7.34. The van der Waals surface area contributed by atoms with Gasteiger partial charge in [0.15, 0.2) is 9.84 Å². The lowest BCUT2D eigenvalue weighted by atomic mass is 10.0. The molecule has 0 spiro atoms. The fraction of sp³-hybridized carbons (Fsp3) is 0.333. The number of halogens is 1. The van der Waals surface area contributed by atoms with Crippen LogP contribution in [0.5, 0.6) is 0 Å². The standard InChI is InChI=1S/C18H20FN3O4S2/c1-2-22-8-7-13-14(9-22)27-18(16(13)17(20)24)21-15(23)10-28(25,26)12-5-3-11(19)4-6-12/h3-6H,2,7-10H2,1H3,(H2,20,24)(H,21,23). The van der Waals surface area contributed by atoms with E-state index in [9.17, 15) is 22.4 Å². The average molecular weight is 426 g/mol. The summed E-state index contributed by atoms with van der Waals surface area (Å²) in [5.74, 6) is -2.82. The molecule has 2 heterocycles. The van der Waals surface area contributed by atoms with Gasteiger partial charge in [-0.2, -0.15) is 0 Å². The van der Waals surface area contributed by atoms with E-state index in [4.69, 9.17) is 5.73 Å². The molecule has 28 heavy (non-hydrogen) atoms. The molecule has 1 aromatic carbocycles. The van der Waals surface area contributed by atoms with Crippen molar-refractivity contribution in [3.8, 4) is 0 Å². The molecule has 0 bridgehead atoms. The minimum atomic E-state index is -3.94. The topological polar surface area (TPSA) is 110 Å². The summed E-state index contributed by atoms with van der Waals surface area (Å²) in [5, 5.41) is 2.80. The van der Waals surface area contributed by atoms with Gasteiger partial charge in [-0.05, 0) is 42.8 Å². The number of nitrogens with two attached hydrogens (primary N) is 1. The maximum Gasteiger partial charge on any atom is 0.251 e. The maximum atomic E-state index is 13.0. The molecule has 0 atom stereocenters. The molecule has 2 amide bonds. The first kappa shape index (κ1) is 20.4. The van der Waals surface area contributed by atoms with Gasteiger partial charge in [0.1, 0.15) is 16.6 Å². The molecule has 1 aliphatic rings. The van der Waals surface area contributed by atoms with Crippen LogP contribution in [0.2, 0.25) is 0 Å². The molecule has 0 fully saturated rings. The van der Waals surface area contributed by atoms with E-state index in [1.807, 2.05) is 6.92 Å². The zero-order valence-corrected chi connectivity index (χ0v) is 16.8. The van der Waals surface area contributed by atoms with Gasteiger partial charge in [0.05, 0.1) is 10.5 Å². The lowest BCUT2D eigenvalue weighted by Gasteiger charge is -2.25. The van der Waals surface area contributed by atoms with Crippen LogP contribution < -0.4 is 11.1 Å². The molecule has 0 unspecified atom stereocenters. The number of likely N-dealkylation sites (N-methyl/N-ethyl adjacent to an activating group) is 1. The third kappa shape index (κ3) is 4.23. The van der Waals surface area contributed by atoms with Gasteiger partial charge in [0, 0.05) is 18.0 Å². The summed E-state index contributed by atoms with van der Waals surface area (Å²) in [5.41, 5.74) is 6.58. The molecular weight excluding hydrogens is 405 g/mol. The van der Waals surface area contributed by atoms with Crippen LogP contribution in [0.1, 0.15) is 27.7 Å². The van der Waals surface area contributed by atoms with Crippen molar-refractivity contribution in [1.82, 2.24) is 4.90 Å². The molecule has 0 saturated carbocycles. The number of hydrogen-bond donors (Lipinski definition) is 2. The lowest BCUT2D eigenvalue weighted by molar-refractivity contribution is -0.113. The van der Waals surface area contributed by atoms with Crippen LogP contribution in [0.15, 0.2) is 29.2 Å². The second-order valence-corrected chi connectivity index (χ2v) is 9.55. The Bertz CT molecular complexity index is 1020. The highest BCUT2D eigenvalue weighted by Crippen LogP contribution is 2.36. The van der Waals surface area contributed by atoms with Crippen LogP contribution in [-0.2, 0) is 27.6 Å². The zero-order chi connectivity index (χ0) is 20.5. The predicted octanol–water partition coefficient (Wildman–Crippen LogP) is 1.78. The number of hydrogen-bond acceptors (Lipinski definition) is 6. The molecule has 0 radical (unpaired) electrons. The first-order valence-corrected chi connectivity index (χ1v) is 11.1. The van der Waals surface area contributed by atoms with Gasteiger partial charge in [-0.1, -0.05) is 6.92 Å². The van der Waals surface area contributed by atoms with Gasteiger partial charge in [0.2, 0.25) is 5.91 Å². The molecule has 0 saturated heterocycles. The number of benzene rings is 1. The molecule has 1 aliphatic heterocycles. The summed E-state index contributed by atoms with van der Waals surface area (Å²) in [6.45, 7) is 4.34. The van der Waals surface area contributed by atoms with E-state index < -0.39 is 33.2 Å². The Labute approximate surface area is 166 Å². The van der Waals surface area contributed by atoms with E-state index in [2.05, 4.69) is 10.2 Å². The predicted molar refractivity (Wildman–Crippen MR) is 105 cm³/mol. The van der Waals surface area contributed by atoms with Gasteiger partial charge >= 0.3 is 0 Å². The normalized spacial score (nSPS) is 14.5. The van der Waals surface area contributed by atoms with Gasteiger partial charge in [-0.25, -0.2) is 12.8 Å². The summed E-state index contributed by atoms with van der Waals surface area (Å²) < 4.78 is 37.7. The highest BCUT2D eigenvalue weighted by atomic mass is 32.2. The largest absolute Gasteiger partial charge is 0.365 e. The number of rotatable bonds is 6. The molecule has 150 valence electrons. The monoisotopic (exact) mass is 425 g/mol. The first-order chi connectivity index (χ1) is 13.2. The van der Waals surface area contributed by atoms with Crippen molar-refractivity contribution in [3.63, 3.8) is 0 Å². The van der Waals surface area contributed by atoms with Crippen molar-refractivity contribution in [1.29, 1.82) is 0 Å². The molecule has 7 nitrogen and oxygen atoms in total. The Balaban J connectivity index is 1.81. The number of sulfone groups is 1. The second-order valence-electron chi connectivity index (χ2n) is 6.45. The summed E-state index contributed by atoms with van der Waals surface area (Å²) in [6, 6.07) is 4.25. The van der Waals surface area contributed by atoms with E-state index in [1.165, 1.54) is 11.3 Å². The molecule has 3 N–H and O–H groups in total. The number of primary amides is 1. The minimum absolute atomic E-state index is 0.150. The van der Waals surface area contributed by atoms with Gasteiger partial charge in [0.25, 0.3) is 5.91 Å².